The van der Waals surface area contributed by atoms with Crippen LogP contribution < -0.4 is 5.32 Å². The minimum absolute atomic E-state index is 0. The summed E-state index contributed by atoms with van der Waals surface area (Å²) in [7, 11) is 0. The number of carbonyl (C=O) groups excluding carboxylic acids is 1. The van der Waals surface area contributed by atoms with Gasteiger partial charge in [-0.15, -0.1) is 24.0 Å². The van der Waals surface area contributed by atoms with E-state index in [9.17, 15) is 18.0 Å². The van der Waals surface area contributed by atoms with Crippen LogP contribution in [0, 0.1) is 0 Å². The SMILES string of the molecule is CCNC(=NCCCCC(F)(F)F)N1CCN(C(C)=O)CC1.I. The van der Waals surface area contributed by atoms with E-state index in [0.717, 1.165) is 5.96 Å². The van der Waals surface area contributed by atoms with E-state index < -0.39 is 12.6 Å². The Hall–Kier alpha value is -0.740. The average molecular weight is 450 g/mol. The molecule has 1 amide bonds. The molecule has 1 aliphatic rings. The Morgan fingerprint density at radius 3 is 2.17 bits per heavy atom. The number of nitrogens with one attached hydrogen (secondary N) is 1. The van der Waals surface area contributed by atoms with Gasteiger partial charge in [0.2, 0.25) is 5.91 Å². The molecule has 0 aromatic carbocycles. The predicted octanol–water partition coefficient (Wildman–Crippen LogP) is 2.47. The molecule has 0 aliphatic carbocycles. The average Bonchev–Trinajstić information content (AvgIpc) is 2.44. The number of unbranched alkanes of at least 4 members (excludes halogenated alkanes) is 1. The van der Waals surface area contributed by atoms with Gasteiger partial charge < -0.3 is 15.1 Å². The van der Waals surface area contributed by atoms with E-state index >= 15 is 0 Å². The third kappa shape index (κ3) is 9.21. The molecule has 1 saturated heterocycles. The van der Waals surface area contributed by atoms with E-state index in [2.05, 4.69) is 10.3 Å². The Morgan fingerprint density at radius 1 is 1.13 bits per heavy atom. The lowest BCUT2D eigenvalue weighted by molar-refractivity contribution is -0.135. The van der Waals surface area contributed by atoms with Gasteiger partial charge in [-0.05, 0) is 19.8 Å². The van der Waals surface area contributed by atoms with E-state index in [1.165, 1.54) is 0 Å². The molecule has 1 N–H and O–H groups in total. The van der Waals surface area contributed by atoms with Gasteiger partial charge in [-0.1, -0.05) is 0 Å². The van der Waals surface area contributed by atoms with Crippen molar-refractivity contribution in [2.75, 3.05) is 39.3 Å². The van der Waals surface area contributed by atoms with Crippen molar-refractivity contribution >= 4 is 35.8 Å². The first-order valence-electron chi connectivity index (χ1n) is 7.69. The van der Waals surface area contributed by atoms with Crippen LogP contribution in [0.1, 0.15) is 33.1 Å². The molecule has 9 heteroatoms. The summed E-state index contributed by atoms with van der Waals surface area (Å²) in [5.74, 6) is 0.784. The maximum absolute atomic E-state index is 12.1. The molecule has 0 saturated carbocycles. The zero-order valence-electron chi connectivity index (χ0n) is 13.7. The van der Waals surface area contributed by atoms with Crippen LogP contribution in [0.3, 0.4) is 0 Å². The van der Waals surface area contributed by atoms with Crippen LogP contribution >= 0.6 is 24.0 Å². The molecule has 1 rings (SSSR count). The first-order valence-corrected chi connectivity index (χ1v) is 7.69. The largest absolute Gasteiger partial charge is 0.389 e. The minimum atomic E-state index is -4.09. The van der Waals surface area contributed by atoms with Crippen LogP contribution in [0.2, 0.25) is 0 Å². The fraction of sp³-hybridized carbons (Fsp3) is 0.857. The maximum atomic E-state index is 12.1. The molecule has 5 nitrogen and oxygen atoms in total. The number of rotatable bonds is 5. The highest BCUT2D eigenvalue weighted by Gasteiger charge is 2.26. The van der Waals surface area contributed by atoms with Crippen LogP contribution in [0.25, 0.3) is 0 Å². The zero-order valence-corrected chi connectivity index (χ0v) is 16.0. The summed E-state index contributed by atoms with van der Waals surface area (Å²) in [5, 5.41) is 3.15. The second-order valence-corrected chi connectivity index (χ2v) is 5.30. The number of alkyl halides is 3. The zero-order chi connectivity index (χ0) is 16.6. The summed E-state index contributed by atoms with van der Waals surface area (Å²) in [4.78, 5) is 19.5. The van der Waals surface area contributed by atoms with Crippen LogP contribution in [0.15, 0.2) is 4.99 Å². The number of hydrogen-bond acceptors (Lipinski definition) is 2. The molecular formula is C14H26F3IN4O. The molecule has 0 unspecified atom stereocenters. The van der Waals surface area contributed by atoms with Crippen LogP contribution in [-0.2, 0) is 4.79 Å². The van der Waals surface area contributed by atoms with Crippen molar-refractivity contribution in [2.24, 2.45) is 4.99 Å². The number of carbonyl (C=O) groups is 1. The van der Waals surface area contributed by atoms with Crippen molar-refractivity contribution in [3.05, 3.63) is 0 Å². The second-order valence-electron chi connectivity index (χ2n) is 5.30. The fourth-order valence-electron chi connectivity index (χ4n) is 2.28. The van der Waals surface area contributed by atoms with Gasteiger partial charge in [-0.2, -0.15) is 13.2 Å². The number of guanidine groups is 1. The van der Waals surface area contributed by atoms with Gasteiger partial charge in [0, 0.05) is 52.6 Å². The highest BCUT2D eigenvalue weighted by atomic mass is 127. The van der Waals surface area contributed by atoms with Crippen molar-refractivity contribution in [2.45, 2.75) is 39.3 Å². The fourth-order valence-corrected chi connectivity index (χ4v) is 2.28. The number of aliphatic imine (C=N–C) groups is 1. The number of piperazine rings is 1. The van der Waals surface area contributed by atoms with Gasteiger partial charge in [0.25, 0.3) is 0 Å². The lowest BCUT2D eigenvalue weighted by atomic mass is 10.2. The number of hydrogen-bond donors (Lipinski definition) is 1. The van der Waals surface area contributed by atoms with Crippen molar-refractivity contribution < 1.29 is 18.0 Å². The van der Waals surface area contributed by atoms with E-state index in [-0.39, 0.29) is 36.3 Å². The molecule has 1 aliphatic heterocycles. The highest BCUT2D eigenvalue weighted by Crippen LogP contribution is 2.22. The van der Waals surface area contributed by atoms with Crippen molar-refractivity contribution in [1.82, 2.24) is 15.1 Å². The highest BCUT2D eigenvalue weighted by molar-refractivity contribution is 14.0. The summed E-state index contributed by atoms with van der Waals surface area (Å²) in [6.07, 6.45) is -4.32. The first kappa shape index (κ1) is 22.3. The van der Waals surface area contributed by atoms with Gasteiger partial charge in [0.1, 0.15) is 0 Å². The Morgan fingerprint density at radius 2 is 1.70 bits per heavy atom. The molecule has 1 fully saturated rings. The van der Waals surface area contributed by atoms with Crippen LogP contribution in [0.5, 0.6) is 0 Å². The van der Waals surface area contributed by atoms with Gasteiger partial charge in [-0.3, -0.25) is 9.79 Å². The number of nitrogens with zero attached hydrogens (tertiary/aromatic N) is 3. The summed E-state index contributed by atoms with van der Waals surface area (Å²) in [6.45, 7) is 7.25. The summed E-state index contributed by atoms with van der Waals surface area (Å²) < 4.78 is 36.2. The molecule has 0 aromatic heterocycles. The molecule has 0 atom stereocenters. The monoisotopic (exact) mass is 450 g/mol. The van der Waals surface area contributed by atoms with Crippen molar-refractivity contribution in [1.29, 1.82) is 0 Å². The third-order valence-electron chi connectivity index (χ3n) is 3.49. The summed E-state index contributed by atoms with van der Waals surface area (Å²) >= 11 is 0. The van der Waals surface area contributed by atoms with Gasteiger partial charge >= 0.3 is 6.18 Å². The van der Waals surface area contributed by atoms with Gasteiger partial charge in [0.05, 0.1) is 0 Å². The van der Waals surface area contributed by atoms with Crippen LogP contribution in [-0.4, -0.2) is 67.1 Å². The first-order chi connectivity index (χ1) is 10.3. The lowest BCUT2D eigenvalue weighted by Crippen LogP contribution is -2.53. The number of halogens is 4. The standard InChI is InChI=1S/C14H25F3N4O.HI/c1-3-18-13(19-7-5-4-6-14(15,16)17)21-10-8-20(9-11-21)12(2)22;/h3-11H2,1-2H3,(H,18,19);1H. The van der Waals surface area contributed by atoms with E-state index in [4.69, 9.17) is 0 Å². The quantitative estimate of drug-likeness (QED) is 0.303. The number of amides is 1. The molecule has 136 valence electrons. The third-order valence-corrected chi connectivity index (χ3v) is 3.49. The normalized spacial score (nSPS) is 16.1. The minimum Gasteiger partial charge on any atom is -0.357 e. The molecular weight excluding hydrogens is 424 g/mol. The molecule has 0 aromatic rings. The van der Waals surface area contributed by atoms with E-state index in [1.807, 2.05) is 11.8 Å². The lowest BCUT2D eigenvalue weighted by Gasteiger charge is -2.36. The maximum Gasteiger partial charge on any atom is 0.389 e. The Bertz CT molecular complexity index is 383. The van der Waals surface area contributed by atoms with Crippen molar-refractivity contribution in [3.63, 3.8) is 0 Å². The second kappa shape index (κ2) is 10.9. The topological polar surface area (TPSA) is 47.9 Å². The summed E-state index contributed by atoms with van der Waals surface area (Å²) in [6, 6.07) is 0. The Kier molecular flexibility index (Phi) is 10.6. The molecule has 0 bridgehead atoms. The molecule has 23 heavy (non-hydrogen) atoms. The van der Waals surface area contributed by atoms with E-state index in [1.54, 1.807) is 11.8 Å². The Labute approximate surface area is 152 Å². The predicted molar refractivity (Wildman–Crippen MR) is 95.1 cm³/mol. The summed E-state index contributed by atoms with van der Waals surface area (Å²) in [5.41, 5.74) is 0. The molecule has 1 heterocycles. The van der Waals surface area contributed by atoms with Gasteiger partial charge in [-0.25, -0.2) is 0 Å². The van der Waals surface area contributed by atoms with Crippen LogP contribution in [0.4, 0.5) is 13.2 Å². The smallest absolute Gasteiger partial charge is 0.357 e. The Balaban J connectivity index is 0.00000484. The van der Waals surface area contributed by atoms with E-state index in [0.29, 0.717) is 45.7 Å². The molecule has 0 spiro atoms. The van der Waals surface area contributed by atoms with Gasteiger partial charge in [0.15, 0.2) is 5.96 Å². The van der Waals surface area contributed by atoms with Crippen molar-refractivity contribution in [3.8, 4) is 0 Å². The molecule has 0 radical (unpaired) electrons.